The van der Waals surface area contributed by atoms with Gasteiger partial charge in [0.2, 0.25) is 18.3 Å². The monoisotopic (exact) mass is 431 g/mol. The zero-order valence-corrected chi connectivity index (χ0v) is 16.5. The molecule has 1 aliphatic rings. The number of likely N-dealkylation sites (tertiary alicyclic amines) is 1. The molecule has 154 valence electrons. The summed E-state index contributed by atoms with van der Waals surface area (Å²) in [6, 6.07) is 6.40. The van der Waals surface area contributed by atoms with E-state index >= 15 is 0 Å². The number of hydrogen-bond donors (Lipinski definition) is 2. The normalized spacial score (nSPS) is 19.6. The molecule has 1 aliphatic heterocycles. The number of nitrogens with zero attached hydrogens (tertiary/aromatic N) is 3. The molecule has 1 atom stereocenters. The Labute approximate surface area is 172 Å². The number of benzene rings is 1. The molecule has 0 saturated carbocycles. The molecule has 0 radical (unpaired) electrons. The molecule has 30 heavy (non-hydrogen) atoms. The third-order valence-electron chi connectivity index (χ3n) is 5.52. The van der Waals surface area contributed by atoms with Crippen molar-refractivity contribution in [3.63, 3.8) is 0 Å². The average Bonchev–Trinajstić information content (AvgIpc) is 3.14. The van der Waals surface area contributed by atoms with Crippen molar-refractivity contribution in [2.24, 2.45) is 0 Å². The van der Waals surface area contributed by atoms with Crippen LogP contribution in [-0.2, 0) is 4.79 Å². The van der Waals surface area contributed by atoms with Crippen LogP contribution in [0, 0.1) is 0 Å². The Balaban J connectivity index is 1.26. The smallest absolute Gasteiger partial charge is 0.257 e. The largest absolute Gasteiger partial charge is 0.301 e. The number of anilines is 1. The topological polar surface area (TPSA) is 86.4 Å². The third kappa shape index (κ3) is 3.41. The first-order chi connectivity index (χ1) is 14.3. The van der Waals surface area contributed by atoms with E-state index in [1.807, 2.05) is 0 Å². The molecule has 5 rings (SSSR count). The van der Waals surface area contributed by atoms with Crippen molar-refractivity contribution in [2.75, 3.05) is 25.0 Å². The zero-order valence-electron chi connectivity index (χ0n) is 15.6. The number of rotatable bonds is 4. The lowest BCUT2D eigenvalue weighted by atomic mass is 9.87. The van der Waals surface area contributed by atoms with Gasteiger partial charge in [-0.3, -0.25) is 19.7 Å². The molecule has 10 heteroatoms. The fourth-order valence-electron chi connectivity index (χ4n) is 3.84. The Morgan fingerprint density at radius 3 is 2.83 bits per heavy atom. The Morgan fingerprint density at radius 2 is 2.07 bits per heavy atom. The van der Waals surface area contributed by atoms with Crippen LogP contribution in [0.5, 0.6) is 0 Å². The van der Waals surface area contributed by atoms with Gasteiger partial charge in [0.05, 0.1) is 22.7 Å². The number of aromatic nitrogens is 2. The van der Waals surface area contributed by atoms with Crippen molar-refractivity contribution in [1.29, 1.82) is 0 Å². The molecule has 1 fully saturated rings. The number of hydrogen-bond acceptors (Lipinski definition) is 6. The second-order valence-electron chi connectivity index (χ2n) is 7.57. The molecular formula is C20H17F2N4O3S+. The molecule has 1 saturated heterocycles. The van der Waals surface area contributed by atoms with Crippen LogP contribution < -0.4 is 15.5 Å². The highest BCUT2D eigenvalue weighted by molar-refractivity contribution is 7.22. The molecule has 1 amide bonds. The minimum atomic E-state index is -2.89. The maximum Gasteiger partial charge on any atom is 0.257 e. The maximum absolute atomic E-state index is 14.5. The predicted octanol–water partition coefficient (Wildman–Crippen LogP) is 2.27. The van der Waals surface area contributed by atoms with Crippen molar-refractivity contribution in [3.8, 4) is 0 Å². The number of thiazole rings is 1. The fraction of sp³-hybridized carbons (Fsp3) is 0.300. The molecule has 7 nitrogen and oxygen atoms in total. The number of piperidine rings is 1. The first-order valence-corrected chi connectivity index (χ1v) is 10.2. The van der Waals surface area contributed by atoms with E-state index in [-0.39, 0.29) is 37.4 Å². The fourth-order valence-corrected chi connectivity index (χ4v) is 4.74. The van der Waals surface area contributed by atoms with E-state index in [1.54, 1.807) is 17.0 Å². The molecule has 1 unspecified atom stereocenters. The lowest BCUT2D eigenvalue weighted by Crippen LogP contribution is -2.48. The third-order valence-corrected chi connectivity index (χ3v) is 6.46. The maximum atomic E-state index is 14.5. The van der Waals surface area contributed by atoms with E-state index in [2.05, 4.69) is 10.3 Å². The minimum absolute atomic E-state index is 0.0235. The van der Waals surface area contributed by atoms with Gasteiger partial charge in [-0.2, -0.15) is 0 Å². The number of carbonyl (C=O) groups excluding carboxylic acids is 1. The molecular weight excluding hydrogens is 414 g/mol. The summed E-state index contributed by atoms with van der Waals surface area (Å²) in [5.41, 5.74) is 1.11. The summed E-state index contributed by atoms with van der Waals surface area (Å²) in [5.74, 6) is -4.27. The van der Waals surface area contributed by atoms with Gasteiger partial charge in [-0.1, -0.05) is 11.3 Å². The highest BCUT2D eigenvalue weighted by atomic mass is 32.1. The van der Waals surface area contributed by atoms with Gasteiger partial charge >= 0.3 is 0 Å². The highest BCUT2D eigenvalue weighted by Gasteiger charge is 2.45. The van der Waals surface area contributed by atoms with E-state index in [1.165, 1.54) is 35.9 Å². The van der Waals surface area contributed by atoms with E-state index < -0.39 is 11.8 Å². The van der Waals surface area contributed by atoms with Crippen molar-refractivity contribution in [2.45, 2.75) is 18.3 Å². The van der Waals surface area contributed by atoms with Crippen molar-refractivity contribution in [1.82, 2.24) is 9.88 Å². The summed E-state index contributed by atoms with van der Waals surface area (Å²) in [6.45, 7) is 0.118. The number of pyridine rings is 1. The van der Waals surface area contributed by atoms with Crippen LogP contribution in [0.1, 0.15) is 17.9 Å². The minimum Gasteiger partial charge on any atom is -0.301 e. The molecule has 0 aliphatic carbocycles. The molecule has 2 aromatic carbocycles. The summed E-state index contributed by atoms with van der Waals surface area (Å²) < 4.78 is 30.6. The van der Waals surface area contributed by atoms with Gasteiger partial charge in [0.1, 0.15) is 0 Å². The standard InChI is InChI=1S/C20H16F2N4O3S/c21-20(22)3-6-25(9-14(20)11-1-4-26(29)5-2-11)10-17(27)24-19-23-15-7-12-13(18(12)28)8-16(15)30-19/h1-2,4-5,7-8,14H,3,6,9-10H2,(H-,23,24,27,28,29)/p+1. The Hall–Kier alpha value is -2.98. The molecule has 0 bridgehead atoms. The van der Waals surface area contributed by atoms with Crippen LogP contribution in [0.15, 0.2) is 41.5 Å². The molecule has 4 aromatic rings. The summed E-state index contributed by atoms with van der Waals surface area (Å²) in [7, 11) is 0. The predicted molar refractivity (Wildman–Crippen MR) is 107 cm³/mol. The molecule has 0 spiro atoms. The second-order valence-corrected chi connectivity index (χ2v) is 8.60. The average molecular weight is 431 g/mol. The van der Waals surface area contributed by atoms with Gasteiger partial charge in [0.25, 0.3) is 5.92 Å². The first-order valence-electron chi connectivity index (χ1n) is 9.40. The summed E-state index contributed by atoms with van der Waals surface area (Å²) >= 11 is 1.28. The number of amides is 1. The Bertz CT molecular complexity index is 1230. The van der Waals surface area contributed by atoms with E-state index in [9.17, 15) is 23.6 Å². The van der Waals surface area contributed by atoms with Crippen LogP contribution in [0.25, 0.3) is 21.0 Å². The van der Waals surface area contributed by atoms with E-state index in [0.717, 1.165) is 9.43 Å². The summed E-state index contributed by atoms with van der Waals surface area (Å²) in [6.07, 6.45) is 2.27. The number of fused-ring (bicyclic) bond motifs is 2. The van der Waals surface area contributed by atoms with E-state index in [0.29, 0.717) is 27.0 Å². The van der Waals surface area contributed by atoms with Gasteiger partial charge in [-0.25, -0.2) is 13.8 Å². The summed E-state index contributed by atoms with van der Waals surface area (Å²) in [5, 5.41) is 13.8. The first kappa shape index (κ1) is 19.0. The number of nitrogens with one attached hydrogen (secondary N) is 1. The Morgan fingerprint density at radius 1 is 1.33 bits per heavy atom. The number of carbonyl (C=O) groups is 1. The van der Waals surface area contributed by atoms with Crippen molar-refractivity contribution >= 4 is 43.4 Å². The van der Waals surface area contributed by atoms with Crippen LogP contribution >= 0.6 is 11.3 Å². The van der Waals surface area contributed by atoms with Crippen LogP contribution in [0.3, 0.4) is 0 Å². The van der Waals surface area contributed by atoms with Crippen LogP contribution in [-0.4, -0.2) is 46.6 Å². The van der Waals surface area contributed by atoms with Crippen LogP contribution in [0.4, 0.5) is 13.9 Å². The van der Waals surface area contributed by atoms with Crippen LogP contribution in [0.2, 0.25) is 0 Å². The zero-order chi connectivity index (χ0) is 21.0. The van der Waals surface area contributed by atoms with Gasteiger partial charge in [0, 0.05) is 47.1 Å². The highest BCUT2D eigenvalue weighted by Crippen LogP contribution is 2.40. The molecule has 2 aromatic heterocycles. The van der Waals surface area contributed by atoms with Gasteiger partial charge in [0.15, 0.2) is 10.6 Å². The molecule has 3 heterocycles. The number of alkyl halides is 2. The number of halogens is 2. The lowest BCUT2D eigenvalue weighted by molar-refractivity contribution is -0.904. The second kappa shape index (κ2) is 6.78. The van der Waals surface area contributed by atoms with E-state index in [4.69, 9.17) is 0 Å². The SMILES string of the molecule is O=C(CN1CCC(F)(F)C(c2cc[n+](O)cc2)C1)Nc1nc2cc3c(=O)c3cc2s1. The van der Waals surface area contributed by atoms with Crippen molar-refractivity contribution in [3.05, 3.63) is 52.4 Å². The van der Waals surface area contributed by atoms with Crippen molar-refractivity contribution < 1.29 is 23.5 Å². The van der Waals surface area contributed by atoms with Gasteiger partial charge in [-0.15, -0.1) is 0 Å². The van der Waals surface area contributed by atoms with Gasteiger partial charge in [-0.05, 0) is 17.7 Å². The lowest BCUT2D eigenvalue weighted by Gasteiger charge is -2.38. The quantitative estimate of drug-likeness (QED) is 0.383. The van der Waals surface area contributed by atoms with Gasteiger partial charge < -0.3 is 5.32 Å². The Kier molecular flexibility index (Phi) is 4.30. The summed E-state index contributed by atoms with van der Waals surface area (Å²) in [4.78, 5) is 30.0. The molecule has 2 N–H and O–H groups in total.